The zero-order valence-corrected chi connectivity index (χ0v) is 16.7. The van der Waals surface area contributed by atoms with Gasteiger partial charge in [0.25, 0.3) is 0 Å². The van der Waals surface area contributed by atoms with Crippen LogP contribution in [0.25, 0.3) is 0 Å². The molecule has 5 heteroatoms. The number of aliphatic hydroxyl groups excluding tert-OH is 1. The van der Waals surface area contributed by atoms with E-state index >= 15 is 0 Å². The molecule has 0 unspecified atom stereocenters. The van der Waals surface area contributed by atoms with E-state index in [2.05, 4.69) is 17.0 Å². The second-order valence-corrected chi connectivity index (χ2v) is 9.64. The summed E-state index contributed by atoms with van der Waals surface area (Å²) >= 11 is 0. The monoisotopic (exact) mass is 387 g/mol. The highest BCUT2D eigenvalue weighted by molar-refractivity contribution is 7.90. The second-order valence-electron chi connectivity index (χ2n) is 7.62. The topological polar surface area (TPSA) is 57.6 Å². The van der Waals surface area contributed by atoms with Crippen molar-refractivity contribution < 1.29 is 13.5 Å². The third kappa shape index (κ3) is 5.89. The van der Waals surface area contributed by atoms with Gasteiger partial charge in [-0.05, 0) is 68.0 Å². The molecule has 1 aliphatic rings. The third-order valence-corrected chi connectivity index (χ3v) is 6.63. The Balaban J connectivity index is 1.44. The van der Waals surface area contributed by atoms with Crippen molar-refractivity contribution in [2.45, 2.75) is 43.2 Å². The SMILES string of the molecule is CS(=O)(=O)c1ccc(CN2CCC([C@H](O)CCc3ccccc3)CC2)cc1. The van der Waals surface area contributed by atoms with E-state index in [9.17, 15) is 13.5 Å². The van der Waals surface area contributed by atoms with Gasteiger partial charge in [-0.1, -0.05) is 42.5 Å². The Morgan fingerprint density at radius 3 is 2.22 bits per heavy atom. The minimum atomic E-state index is -3.14. The van der Waals surface area contributed by atoms with Crippen molar-refractivity contribution in [3.8, 4) is 0 Å². The summed E-state index contributed by atoms with van der Waals surface area (Å²) in [6.45, 7) is 2.78. The van der Waals surface area contributed by atoms with Gasteiger partial charge in [-0.15, -0.1) is 0 Å². The summed E-state index contributed by atoms with van der Waals surface area (Å²) in [6, 6.07) is 17.5. The predicted octanol–water partition coefficient (Wildman–Crippen LogP) is 3.30. The number of rotatable bonds is 7. The molecule has 3 rings (SSSR count). The average Bonchev–Trinajstić information content (AvgIpc) is 2.67. The number of benzene rings is 2. The Morgan fingerprint density at radius 2 is 1.63 bits per heavy atom. The molecule has 0 aliphatic carbocycles. The molecule has 2 aromatic carbocycles. The molecule has 0 spiro atoms. The first-order chi connectivity index (χ1) is 12.9. The molecule has 1 aliphatic heterocycles. The fraction of sp³-hybridized carbons (Fsp3) is 0.455. The molecule has 1 fully saturated rings. The van der Waals surface area contributed by atoms with Gasteiger partial charge in [0.05, 0.1) is 11.0 Å². The molecule has 1 saturated heterocycles. The maximum Gasteiger partial charge on any atom is 0.175 e. The summed E-state index contributed by atoms with van der Waals surface area (Å²) in [5, 5.41) is 10.5. The number of aliphatic hydroxyl groups is 1. The molecule has 1 atom stereocenters. The minimum absolute atomic E-state index is 0.235. The second kappa shape index (κ2) is 9.00. The molecule has 0 amide bonds. The number of hydrogen-bond acceptors (Lipinski definition) is 4. The van der Waals surface area contributed by atoms with Crippen molar-refractivity contribution in [1.29, 1.82) is 0 Å². The normalized spacial score (nSPS) is 17.7. The van der Waals surface area contributed by atoms with Gasteiger partial charge in [0.1, 0.15) is 0 Å². The van der Waals surface area contributed by atoms with Crippen molar-refractivity contribution in [3.63, 3.8) is 0 Å². The van der Waals surface area contributed by atoms with E-state index < -0.39 is 9.84 Å². The Morgan fingerprint density at radius 1 is 1.00 bits per heavy atom. The van der Waals surface area contributed by atoms with Crippen molar-refractivity contribution in [3.05, 3.63) is 65.7 Å². The molecular weight excluding hydrogens is 358 g/mol. The Hall–Kier alpha value is -1.69. The van der Waals surface area contributed by atoms with Gasteiger partial charge >= 0.3 is 0 Å². The van der Waals surface area contributed by atoms with Crippen LogP contribution in [-0.2, 0) is 22.8 Å². The van der Waals surface area contributed by atoms with E-state index in [1.807, 2.05) is 30.3 Å². The fourth-order valence-electron chi connectivity index (χ4n) is 3.79. The lowest BCUT2D eigenvalue weighted by atomic mass is 9.88. The van der Waals surface area contributed by atoms with Gasteiger partial charge in [0, 0.05) is 12.8 Å². The Bertz CT molecular complexity index is 810. The molecule has 0 radical (unpaired) electrons. The van der Waals surface area contributed by atoms with Crippen LogP contribution in [-0.4, -0.2) is 43.9 Å². The van der Waals surface area contributed by atoms with Gasteiger partial charge in [0.2, 0.25) is 0 Å². The summed E-state index contributed by atoms with van der Waals surface area (Å²) < 4.78 is 23.1. The van der Waals surface area contributed by atoms with Crippen LogP contribution in [0.15, 0.2) is 59.5 Å². The maximum absolute atomic E-state index is 11.5. The van der Waals surface area contributed by atoms with Gasteiger partial charge < -0.3 is 5.11 Å². The van der Waals surface area contributed by atoms with Gasteiger partial charge in [-0.25, -0.2) is 8.42 Å². The molecule has 0 aromatic heterocycles. The molecular formula is C22H29NO3S. The Kier molecular flexibility index (Phi) is 6.68. The van der Waals surface area contributed by atoms with Gasteiger partial charge in [-0.3, -0.25) is 4.90 Å². The number of sulfone groups is 1. The molecule has 4 nitrogen and oxygen atoms in total. The molecule has 2 aromatic rings. The Labute approximate surface area is 162 Å². The van der Waals surface area contributed by atoms with Crippen LogP contribution in [0.1, 0.15) is 30.4 Å². The maximum atomic E-state index is 11.5. The molecule has 1 heterocycles. The van der Waals surface area contributed by atoms with Crippen molar-refractivity contribution >= 4 is 9.84 Å². The van der Waals surface area contributed by atoms with E-state index in [-0.39, 0.29) is 6.10 Å². The lowest BCUT2D eigenvalue weighted by molar-refractivity contribution is 0.0519. The zero-order chi connectivity index (χ0) is 19.3. The van der Waals surface area contributed by atoms with E-state index in [4.69, 9.17) is 0 Å². The first-order valence-corrected chi connectivity index (χ1v) is 11.5. The van der Waals surface area contributed by atoms with E-state index in [0.29, 0.717) is 10.8 Å². The number of aryl methyl sites for hydroxylation is 1. The summed E-state index contributed by atoms with van der Waals surface area (Å²) in [5.41, 5.74) is 2.41. The van der Waals surface area contributed by atoms with Gasteiger partial charge in [-0.2, -0.15) is 0 Å². The zero-order valence-electron chi connectivity index (χ0n) is 15.9. The van der Waals surface area contributed by atoms with Crippen LogP contribution < -0.4 is 0 Å². The number of likely N-dealkylation sites (tertiary alicyclic amines) is 1. The molecule has 0 saturated carbocycles. The van der Waals surface area contributed by atoms with Crippen LogP contribution in [0.2, 0.25) is 0 Å². The van der Waals surface area contributed by atoms with Gasteiger partial charge in [0.15, 0.2) is 9.84 Å². The molecule has 146 valence electrons. The largest absolute Gasteiger partial charge is 0.393 e. The lowest BCUT2D eigenvalue weighted by Crippen LogP contribution is -2.37. The predicted molar refractivity (Wildman–Crippen MR) is 108 cm³/mol. The minimum Gasteiger partial charge on any atom is -0.393 e. The summed E-state index contributed by atoms with van der Waals surface area (Å²) in [5.74, 6) is 0.373. The highest BCUT2D eigenvalue weighted by Gasteiger charge is 2.25. The first-order valence-electron chi connectivity index (χ1n) is 9.65. The van der Waals surface area contributed by atoms with E-state index in [1.165, 1.54) is 11.8 Å². The van der Waals surface area contributed by atoms with Crippen molar-refractivity contribution in [2.75, 3.05) is 19.3 Å². The van der Waals surface area contributed by atoms with Crippen molar-refractivity contribution in [2.24, 2.45) is 5.92 Å². The molecule has 0 bridgehead atoms. The average molecular weight is 388 g/mol. The summed E-state index contributed by atoms with van der Waals surface area (Å²) in [6.07, 6.45) is 4.77. The number of piperidine rings is 1. The quantitative estimate of drug-likeness (QED) is 0.792. The van der Waals surface area contributed by atoms with E-state index in [1.54, 1.807) is 12.1 Å². The van der Waals surface area contributed by atoms with Crippen LogP contribution >= 0.6 is 0 Å². The smallest absolute Gasteiger partial charge is 0.175 e. The fourth-order valence-corrected chi connectivity index (χ4v) is 4.42. The van der Waals surface area contributed by atoms with Crippen molar-refractivity contribution in [1.82, 2.24) is 4.90 Å². The molecule has 1 N–H and O–H groups in total. The van der Waals surface area contributed by atoms with Crippen LogP contribution in [0.5, 0.6) is 0 Å². The molecule has 27 heavy (non-hydrogen) atoms. The number of hydrogen-bond donors (Lipinski definition) is 1. The lowest BCUT2D eigenvalue weighted by Gasteiger charge is -2.34. The van der Waals surface area contributed by atoms with E-state index in [0.717, 1.165) is 50.9 Å². The van der Waals surface area contributed by atoms with Crippen LogP contribution in [0.4, 0.5) is 0 Å². The summed E-state index contributed by atoms with van der Waals surface area (Å²) in [7, 11) is -3.14. The third-order valence-electron chi connectivity index (χ3n) is 5.51. The first kappa shape index (κ1) is 20.1. The summed E-state index contributed by atoms with van der Waals surface area (Å²) in [4.78, 5) is 2.75. The standard InChI is InChI=1S/C22H29NO3S/c1-27(25,26)21-10-7-19(8-11-21)17-23-15-13-20(14-16-23)22(24)12-9-18-5-3-2-4-6-18/h2-8,10-11,20,22,24H,9,12-17H2,1H3/t22-/m1/s1. The van der Waals surface area contributed by atoms with Crippen LogP contribution in [0.3, 0.4) is 0 Å². The highest BCUT2D eigenvalue weighted by atomic mass is 32.2. The van der Waals surface area contributed by atoms with Crippen LogP contribution in [0, 0.1) is 5.92 Å². The highest BCUT2D eigenvalue weighted by Crippen LogP contribution is 2.25. The number of nitrogens with zero attached hydrogens (tertiary/aromatic N) is 1.